The molecule has 0 aliphatic heterocycles. The summed E-state index contributed by atoms with van der Waals surface area (Å²) < 4.78 is 0. The molecule has 1 aliphatic carbocycles. The van der Waals surface area contributed by atoms with Gasteiger partial charge in [0.1, 0.15) is 0 Å². The largest absolute Gasteiger partial charge is 0.387 e. The van der Waals surface area contributed by atoms with Crippen LogP contribution in [0.5, 0.6) is 0 Å². The van der Waals surface area contributed by atoms with Crippen LogP contribution in [0.2, 0.25) is 0 Å². The summed E-state index contributed by atoms with van der Waals surface area (Å²) >= 11 is 0. The minimum Gasteiger partial charge on any atom is -0.387 e. The first-order chi connectivity index (χ1) is 10.2. The normalized spacial score (nSPS) is 24.1. The molecule has 1 saturated carbocycles. The molecule has 3 atom stereocenters. The number of aliphatic hydroxyl groups excluding tert-OH is 1. The van der Waals surface area contributed by atoms with Crippen LogP contribution in [0, 0.1) is 5.92 Å². The smallest absolute Gasteiger partial charge is 0.0914 e. The second kappa shape index (κ2) is 6.59. The van der Waals surface area contributed by atoms with Crippen LogP contribution < -0.4 is 5.32 Å². The average Bonchev–Trinajstić information content (AvgIpc) is 2.53. The molecule has 0 spiro atoms. The van der Waals surface area contributed by atoms with Crippen molar-refractivity contribution in [3.8, 4) is 0 Å². The van der Waals surface area contributed by atoms with E-state index in [1.54, 1.807) is 0 Å². The molecule has 1 aliphatic rings. The lowest BCUT2D eigenvalue weighted by atomic mass is 9.86. The summed E-state index contributed by atoms with van der Waals surface area (Å²) in [5.74, 6) is 0.725. The summed E-state index contributed by atoms with van der Waals surface area (Å²) in [7, 11) is 0. The molecule has 1 fully saturated rings. The predicted molar refractivity (Wildman–Crippen MR) is 88.3 cm³/mol. The van der Waals surface area contributed by atoms with Crippen molar-refractivity contribution in [3.05, 3.63) is 48.0 Å². The summed E-state index contributed by atoms with van der Waals surface area (Å²) in [6, 6.07) is 15.1. The van der Waals surface area contributed by atoms with Crippen molar-refractivity contribution >= 4 is 10.8 Å². The average molecular weight is 283 g/mol. The third kappa shape index (κ3) is 3.45. The maximum atomic E-state index is 10.4. The first kappa shape index (κ1) is 14.6. The Kier molecular flexibility index (Phi) is 4.57. The molecule has 2 nitrogen and oxygen atoms in total. The lowest BCUT2D eigenvalue weighted by molar-refractivity contribution is 0.157. The van der Waals surface area contributed by atoms with Crippen LogP contribution in [0.3, 0.4) is 0 Å². The molecular weight excluding hydrogens is 258 g/mol. The Hall–Kier alpha value is -1.38. The standard InChI is InChI=1S/C19H25NO/c1-14-6-2-5-9-18(14)20-13-19(21)17-11-10-15-7-3-4-8-16(15)12-17/h3-4,7-8,10-12,14,18-21H,2,5-6,9,13H2,1H3. The van der Waals surface area contributed by atoms with Crippen LogP contribution in [0.1, 0.15) is 44.3 Å². The monoisotopic (exact) mass is 283 g/mol. The van der Waals surface area contributed by atoms with E-state index in [-0.39, 0.29) is 0 Å². The second-order valence-corrected chi connectivity index (χ2v) is 6.40. The lowest BCUT2D eigenvalue weighted by Crippen LogP contribution is -2.39. The van der Waals surface area contributed by atoms with Crippen molar-refractivity contribution in [2.45, 2.75) is 44.8 Å². The van der Waals surface area contributed by atoms with Gasteiger partial charge in [-0.2, -0.15) is 0 Å². The summed E-state index contributed by atoms with van der Waals surface area (Å²) in [6.45, 7) is 2.96. The molecule has 0 saturated heterocycles. The molecule has 0 amide bonds. The Balaban J connectivity index is 1.64. The van der Waals surface area contributed by atoms with E-state index in [9.17, 15) is 5.11 Å². The topological polar surface area (TPSA) is 32.3 Å². The van der Waals surface area contributed by atoms with Crippen LogP contribution in [0.4, 0.5) is 0 Å². The molecule has 2 aromatic carbocycles. The fourth-order valence-corrected chi connectivity index (χ4v) is 3.42. The van der Waals surface area contributed by atoms with Gasteiger partial charge in [0.05, 0.1) is 6.10 Å². The van der Waals surface area contributed by atoms with E-state index in [1.807, 2.05) is 18.2 Å². The molecular formula is C19H25NO. The van der Waals surface area contributed by atoms with Crippen molar-refractivity contribution in [1.29, 1.82) is 0 Å². The van der Waals surface area contributed by atoms with Crippen LogP contribution in [0.15, 0.2) is 42.5 Å². The molecule has 21 heavy (non-hydrogen) atoms. The molecule has 112 valence electrons. The van der Waals surface area contributed by atoms with E-state index in [1.165, 1.54) is 36.5 Å². The molecule has 2 N–H and O–H groups in total. The predicted octanol–water partition coefficient (Wildman–Crippen LogP) is 4.04. The highest BCUT2D eigenvalue weighted by molar-refractivity contribution is 5.83. The zero-order chi connectivity index (χ0) is 14.7. The summed E-state index contributed by atoms with van der Waals surface area (Å²) in [4.78, 5) is 0. The summed E-state index contributed by atoms with van der Waals surface area (Å²) in [5, 5.41) is 16.4. The van der Waals surface area contributed by atoms with Gasteiger partial charge in [-0.15, -0.1) is 0 Å². The van der Waals surface area contributed by atoms with E-state index >= 15 is 0 Å². The van der Waals surface area contributed by atoms with E-state index in [0.717, 1.165) is 11.5 Å². The highest BCUT2D eigenvalue weighted by atomic mass is 16.3. The van der Waals surface area contributed by atoms with Crippen molar-refractivity contribution < 1.29 is 5.11 Å². The SMILES string of the molecule is CC1CCCCC1NCC(O)c1ccc2ccccc2c1. The van der Waals surface area contributed by atoms with Crippen molar-refractivity contribution in [3.63, 3.8) is 0 Å². The van der Waals surface area contributed by atoms with E-state index in [2.05, 4.69) is 36.5 Å². The Bertz CT molecular complexity index is 595. The molecule has 0 bridgehead atoms. The van der Waals surface area contributed by atoms with Gasteiger partial charge >= 0.3 is 0 Å². The van der Waals surface area contributed by atoms with Gasteiger partial charge in [0, 0.05) is 12.6 Å². The fraction of sp³-hybridized carbons (Fsp3) is 0.474. The molecule has 0 radical (unpaired) electrons. The zero-order valence-corrected chi connectivity index (χ0v) is 12.8. The highest BCUT2D eigenvalue weighted by Gasteiger charge is 2.21. The minimum atomic E-state index is -0.427. The molecule has 2 aromatic rings. The first-order valence-corrected chi connectivity index (χ1v) is 8.14. The third-order valence-corrected chi connectivity index (χ3v) is 4.84. The summed E-state index contributed by atoms with van der Waals surface area (Å²) in [5.41, 5.74) is 1.00. The van der Waals surface area contributed by atoms with Crippen molar-refractivity contribution in [2.75, 3.05) is 6.54 Å². The Morgan fingerprint density at radius 2 is 1.86 bits per heavy atom. The Morgan fingerprint density at radius 1 is 1.10 bits per heavy atom. The Morgan fingerprint density at radius 3 is 2.67 bits per heavy atom. The van der Waals surface area contributed by atoms with Gasteiger partial charge < -0.3 is 10.4 Å². The quantitative estimate of drug-likeness (QED) is 0.887. The van der Waals surface area contributed by atoms with Crippen LogP contribution >= 0.6 is 0 Å². The minimum absolute atomic E-state index is 0.427. The van der Waals surface area contributed by atoms with Crippen LogP contribution in [0.25, 0.3) is 10.8 Å². The maximum Gasteiger partial charge on any atom is 0.0914 e. The molecule has 0 heterocycles. The van der Waals surface area contributed by atoms with Gasteiger partial charge in [-0.1, -0.05) is 56.2 Å². The number of rotatable bonds is 4. The molecule has 3 unspecified atom stereocenters. The van der Waals surface area contributed by atoms with Gasteiger partial charge in [-0.05, 0) is 41.2 Å². The van der Waals surface area contributed by atoms with E-state index in [4.69, 9.17) is 0 Å². The molecule has 0 aromatic heterocycles. The number of nitrogens with one attached hydrogen (secondary N) is 1. The highest BCUT2D eigenvalue weighted by Crippen LogP contribution is 2.25. The van der Waals surface area contributed by atoms with Crippen molar-refractivity contribution in [2.24, 2.45) is 5.92 Å². The van der Waals surface area contributed by atoms with Crippen LogP contribution in [-0.4, -0.2) is 17.7 Å². The number of benzene rings is 2. The lowest BCUT2D eigenvalue weighted by Gasteiger charge is -2.30. The number of fused-ring (bicyclic) bond motifs is 1. The van der Waals surface area contributed by atoms with E-state index < -0.39 is 6.10 Å². The Labute approximate surface area is 127 Å². The van der Waals surface area contributed by atoms with Gasteiger partial charge in [0.15, 0.2) is 0 Å². The van der Waals surface area contributed by atoms with E-state index in [0.29, 0.717) is 12.6 Å². The maximum absolute atomic E-state index is 10.4. The van der Waals surface area contributed by atoms with Gasteiger partial charge in [-0.3, -0.25) is 0 Å². The molecule has 3 rings (SSSR count). The summed E-state index contributed by atoms with van der Waals surface area (Å²) in [6.07, 6.45) is 4.79. The molecule has 2 heteroatoms. The first-order valence-electron chi connectivity index (χ1n) is 8.14. The fourth-order valence-electron chi connectivity index (χ4n) is 3.42. The van der Waals surface area contributed by atoms with Gasteiger partial charge in [-0.25, -0.2) is 0 Å². The van der Waals surface area contributed by atoms with Gasteiger partial charge in [0.25, 0.3) is 0 Å². The van der Waals surface area contributed by atoms with Crippen molar-refractivity contribution in [1.82, 2.24) is 5.32 Å². The number of aliphatic hydroxyl groups is 1. The third-order valence-electron chi connectivity index (χ3n) is 4.84. The number of hydrogen-bond acceptors (Lipinski definition) is 2. The number of hydrogen-bond donors (Lipinski definition) is 2. The van der Waals surface area contributed by atoms with Crippen LogP contribution in [-0.2, 0) is 0 Å². The zero-order valence-electron chi connectivity index (χ0n) is 12.8. The van der Waals surface area contributed by atoms with Gasteiger partial charge in [0.2, 0.25) is 0 Å². The second-order valence-electron chi connectivity index (χ2n) is 6.40.